The van der Waals surface area contributed by atoms with E-state index in [2.05, 4.69) is 18.8 Å². The van der Waals surface area contributed by atoms with Gasteiger partial charge in [0.2, 0.25) is 0 Å². The fourth-order valence-electron chi connectivity index (χ4n) is 1.89. The lowest BCUT2D eigenvalue weighted by Crippen LogP contribution is -2.14. The number of rotatable bonds is 6. The highest BCUT2D eigenvalue weighted by atomic mass is 16.6. The number of fused-ring (bicyclic) bond motifs is 1. The molecule has 1 aromatic heterocycles. The number of carbonyl (C=O) groups is 1. The summed E-state index contributed by atoms with van der Waals surface area (Å²) in [6.07, 6.45) is 0. The van der Waals surface area contributed by atoms with E-state index in [1.165, 1.54) is 0 Å². The molecule has 0 amide bonds. The van der Waals surface area contributed by atoms with Crippen molar-refractivity contribution in [1.29, 1.82) is 0 Å². The molecule has 5 heteroatoms. The first kappa shape index (κ1) is 15.3. The molecule has 0 unspecified atom stereocenters. The van der Waals surface area contributed by atoms with Gasteiger partial charge in [-0.15, -0.1) is 0 Å². The van der Waals surface area contributed by atoms with Crippen molar-refractivity contribution in [2.75, 3.05) is 25.6 Å². The zero-order valence-electron chi connectivity index (χ0n) is 12.3. The summed E-state index contributed by atoms with van der Waals surface area (Å²) in [4.78, 5) is 16.2. The first-order chi connectivity index (χ1) is 10.1. The van der Waals surface area contributed by atoms with Crippen LogP contribution in [-0.4, -0.2) is 30.8 Å². The van der Waals surface area contributed by atoms with Gasteiger partial charge in [0.25, 0.3) is 0 Å². The minimum atomic E-state index is -0.486. The Balaban J connectivity index is 1.96. The SMILES string of the molecule is CC(C)COCCOC(=O)c1cc(N)c2ccccc2n1. The quantitative estimate of drug-likeness (QED) is 0.653. The number of esters is 1. The van der Waals surface area contributed by atoms with Crippen LogP contribution in [0, 0.1) is 5.92 Å². The van der Waals surface area contributed by atoms with Crippen molar-refractivity contribution in [2.45, 2.75) is 13.8 Å². The molecule has 0 spiro atoms. The maximum absolute atomic E-state index is 11.9. The maximum atomic E-state index is 11.9. The highest BCUT2D eigenvalue weighted by molar-refractivity contribution is 5.96. The molecule has 0 saturated carbocycles. The lowest BCUT2D eigenvalue weighted by atomic mass is 10.1. The second kappa shape index (κ2) is 7.04. The summed E-state index contributed by atoms with van der Waals surface area (Å²) in [5, 5.41) is 0.828. The number of carbonyl (C=O) groups excluding carboxylic acids is 1. The molecule has 0 bridgehead atoms. The molecule has 1 heterocycles. The molecular formula is C16H20N2O3. The van der Waals surface area contributed by atoms with Crippen molar-refractivity contribution in [3.63, 3.8) is 0 Å². The normalized spacial score (nSPS) is 11.0. The monoisotopic (exact) mass is 288 g/mol. The zero-order chi connectivity index (χ0) is 15.2. The van der Waals surface area contributed by atoms with Gasteiger partial charge in [-0.25, -0.2) is 9.78 Å². The minimum absolute atomic E-state index is 0.208. The Labute approximate surface area is 124 Å². The molecule has 2 rings (SSSR count). The molecule has 0 aliphatic rings. The van der Waals surface area contributed by atoms with Gasteiger partial charge >= 0.3 is 5.97 Å². The summed E-state index contributed by atoms with van der Waals surface area (Å²) in [6.45, 7) is 5.37. The zero-order valence-corrected chi connectivity index (χ0v) is 12.3. The molecule has 2 N–H and O–H groups in total. The van der Waals surface area contributed by atoms with Crippen molar-refractivity contribution in [3.8, 4) is 0 Å². The van der Waals surface area contributed by atoms with Gasteiger partial charge in [0.05, 0.1) is 12.1 Å². The molecule has 112 valence electrons. The van der Waals surface area contributed by atoms with E-state index in [0.29, 0.717) is 30.3 Å². The maximum Gasteiger partial charge on any atom is 0.357 e. The molecule has 0 radical (unpaired) electrons. The third kappa shape index (κ3) is 4.16. The molecule has 5 nitrogen and oxygen atoms in total. The Morgan fingerprint density at radius 1 is 1.29 bits per heavy atom. The predicted octanol–water partition coefficient (Wildman–Crippen LogP) is 2.65. The molecule has 0 fully saturated rings. The van der Waals surface area contributed by atoms with E-state index in [9.17, 15) is 4.79 Å². The van der Waals surface area contributed by atoms with Crippen LogP contribution >= 0.6 is 0 Å². The number of pyridine rings is 1. The number of nitrogens with zero attached hydrogens (tertiary/aromatic N) is 1. The van der Waals surface area contributed by atoms with Crippen molar-refractivity contribution in [3.05, 3.63) is 36.0 Å². The number of hydrogen-bond acceptors (Lipinski definition) is 5. The van der Waals surface area contributed by atoms with Crippen LogP contribution in [0.1, 0.15) is 24.3 Å². The number of nitrogens with two attached hydrogens (primary N) is 1. The summed E-state index contributed by atoms with van der Waals surface area (Å²) >= 11 is 0. The Bertz CT molecular complexity index is 626. The van der Waals surface area contributed by atoms with Crippen LogP contribution in [0.25, 0.3) is 10.9 Å². The third-order valence-corrected chi connectivity index (χ3v) is 2.87. The number of aromatic nitrogens is 1. The average molecular weight is 288 g/mol. The van der Waals surface area contributed by atoms with E-state index in [4.69, 9.17) is 15.2 Å². The lowest BCUT2D eigenvalue weighted by molar-refractivity contribution is 0.0273. The van der Waals surface area contributed by atoms with E-state index < -0.39 is 5.97 Å². The van der Waals surface area contributed by atoms with Gasteiger partial charge in [0.15, 0.2) is 5.69 Å². The van der Waals surface area contributed by atoms with Gasteiger partial charge in [-0.2, -0.15) is 0 Å². The Hall–Kier alpha value is -2.14. The molecule has 1 aromatic carbocycles. The number of benzene rings is 1. The Morgan fingerprint density at radius 2 is 2.05 bits per heavy atom. The first-order valence-electron chi connectivity index (χ1n) is 6.98. The number of nitrogen functional groups attached to an aromatic ring is 1. The number of anilines is 1. The Morgan fingerprint density at radius 3 is 2.81 bits per heavy atom. The number of hydrogen-bond donors (Lipinski definition) is 1. The summed E-state index contributed by atoms with van der Waals surface area (Å²) in [7, 11) is 0. The fourth-order valence-corrected chi connectivity index (χ4v) is 1.89. The van der Waals surface area contributed by atoms with Crippen LogP contribution in [0.5, 0.6) is 0 Å². The molecule has 0 atom stereocenters. The van der Waals surface area contributed by atoms with E-state index in [0.717, 1.165) is 5.39 Å². The smallest absolute Gasteiger partial charge is 0.357 e. The predicted molar refractivity (Wildman–Crippen MR) is 82.1 cm³/mol. The molecule has 0 aliphatic heterocycles. The van der Waals surface area contributed by atoms with Gasteiger partial charge in [-0.05, 0) is 18.1 Å². The van der Waals surface area contributed by atoms with Crippen LogP contribution in [0.2, 0.25) is 0 Å². The number of para-hydroxylation sites is 1. The molecular weight excluding hydrogens is 268 g/mol. The van der Waals surface area contributed by atoms with Gasteiger partial charge in [0.1, 0.15) is 6.61 Å². The second-order valence-electron chi connectivity index (χ2n) is 5.22. The number of ether oxygens (including phenoxy) is 2. The summed E-state index contributed by atoms with van der Waals surface area (Å²) in [5.41, 5.74) is 7.35. The summed E-state index contributed by atoms with van der Waals surface area (Å²) < 4.78 is 10.5. The van der Waals surface area contributed by atoms with Gasteiger partial charge in [0, 0.05) is 17.7 Å². The van der Waals surface area contributed by atoms with Crippen LogP contribution in [0.4, 0.5) is 5.69 Å². The molecule has 21 heavy (non-hydrogen) atoms. The summed E-state index contributed by atoms with van der Waals surface area (Å²) in [6, 6.07) is 8.95. The second-order valence-corrected chi connectivity index (χ2v) is 5.22. The van der Waals surface area contributed by atoms with E-state index in [1.807, 2.05) is 24.3 Å². The lowest BCUT2D eigenvalue weighted by Gasteiger charge is -2.08. The van der Waals surface area contributed by atoms with Gasteiger partial charge < -0.3 is 15.2 Å². The van der Waals surface area contributed by atoms with Crippen LogP contribution < -0.4 is 5.73 Å². The highest BCUT2D eigenvalue weighted by Crippen LogP contribution is 2.20. The minimum Gasteiger partial charge on any atom is -0.459 e. The summed E-state index contributed by atoms with van der Waals surface area (Å²) in [5.74, 6) is -0.0248. The Kier molecular flexibility index (Phi) is 5.11. The van der Waals surface area contributed by atoms with E-state index >= 15 is 0 Å². The van der Waals surface area contributed by atoms with Crippen LogP contribution in [0.3, 0.4) is 0 Å². The van der Waals surface area contributed by atoms with Crippen molar-refractivity contribution in [1.82, 2.24) is 4.98 Å². The first-order valence-corrected chi connectivity index (χ1v) is 6.98. The third-order valence-electron chi connectivity index (χ3n) is 2.87. The van der Waals surface area contributed by atoms with Crippen LogP contribution in [-0.2, 0) is 9.47 Å². The van der Waals surface area contributed by atoms with Crippen LogP contribution in [0.15, 0.2) is 30.3 Å². The van der Waals surface area contributed by atoms with Gasteiger partial charge in [-0.3, -0.25) is 0 Å². The van der Waals surface area contributed by atoms with Crippen molar-refractivity contribution in [2.24, 2.45) is 5.92 Å². The van der Waals surface area contributed by atoms with Crippen molar-refractivity contribution >= 4 is 22.6 Å². The fraction of sp³-hybridized carbons (Fsp3) is 0.375. The molecule has 2 aromatic rings. The largest absolute Gasteiger partial charge is 0.459 e. The van der Waals surface area contributed by atoms with E-state index in [-0.39, 0.29) is 12.3 Å². The topological polar surface area (TPSA) is 74.4 Å². The average Bonchev–Trinajstić information content (AvgIpc) is 2.46. The standard InChI is InChI=1S/C16H20N2O3/c1-11(2)10-20-7-8-21-16(19)15-9-13(17)12-5-3-4-6-14(12)18-15/h3-6,9,11H,7-8,10H2,1-2H3,(H2,17,18). The van der Waals surface area contributed by atoms with E-state index in [1.54, 1.807) is 6.07 Å². The molecule has 0 aliphatic carbocycles. The van der Waals surface area contributed by atoms with Crippen molar-refractivity contribution < 1.29 is 14.3 Å². The van der Waals surface area contributed by atoms with Gasteiger partial charge in [-0.1, -0.05) is 32.0 Å². The molecule has 0 saturated heterocycles. The highest BCUT2D eigenvalue weighted by Gasteiger charge is 2.12.